The third-order valence-corrected chi connectivity index (χ3v) is 3.39. The molecule has 0 radical (unpaired) electrons. The van der Waals surface area contributed by atoms with Gasteiger partial charge in [-0.25, -0.2) is 4.98 Å². The van der Waals surface area contributed by atoms with Gasteiger partial charge in [-0.3, -0.25) is 0 Å². The number of likely N-dealkylation sites (N-methyl/N-ethyl adjacent to an activating group) is 1. The molecule has 0 amide bonds. The van der Waals surface area contributed by atoms with Gasteiger partial charge in [-0.15, -0.1) is 0 Å². The Morgan fingerprint density at radius 3 is 2.84 bits per heavy atom. The van der Waals surface area contributed by atoms with Crippen LogP contribution >= 0.6 is 0 Å². The molecule has 2 heterocycles. The van der Waals surface area contributed by atoms with Crippen LogP contribution in [0.4, 0.5) is 5.82 Å². The summed E-state index contributed by atoms with van der Waals surface area (Å²) in [5.74, 6) is 1.02. The van der Waals surface area contributed by atoms with E-state index in [0.29, 0.717) is 5.56 Å². The number of aromatic nitrogens is 1. The lowest BCUT2D eigenvalue weighted by atomic mass is 10.2. The van der Waals surface area contributed by atoms with Crippen LogP contribution in [0.5, 0.6) is 0 Å². The smallest absolute Gasteiger partial charge is 0.170 e. The quantitative estimate of drug-likeness (QED) is 0.354. The zero-order valence-electron chi connectivity index (χ0n) is 11.5. The van der Waals surface area contributed by atoms with Gasteiger partial charge in [0.25, 0.3) is 0 Å². The highest BCUT2D eigenvalue weighted by Crippen LogP contribution is 2.17. The Labute approximate surface area is 113 Å². The zero-order valence-corrected chi connectivity index (χ0v) is 11.5. The molecule has 1 aromatic rings. The summed E-state index contributed by atoms with van der Waals surface area (Å²) in [5.41, 5.74) is 7.24. The summed E-state index contributed by atoms with van der Waals surface area (Å²) >= 11 is 0. The third-order valence-electron chi connectivity index (χ3n) is 3.39. The van der Waals surface area contributed by atoms with Crippen molar-refractivity contribution in [3.8, 4) is 0 Å². The highest BCUT2D eigenvalue weighted by Gasteiger charge is 2.15. The summed E-state index contributed by atoms with van der Waals surface area (Å²) < 4.78 is 0. The highest BCUT2D eigenvalue weighted by molar-refractivity contribution is 5.97. The lowest BCUT2D eigenvalue weighted by Crippen LogP contribution is -2.30. The van der Waals surface area contributed by atoms with Crippen LogP contribution in [0, 0.1) is 6.92 Å². The maximum Gasteiger partial charge on any atom is 0.170 e. The van der Waals surface area contributed by atoms with E-state index >= 15 is 0 Å². The van der Waals surface area contributed by atoms with Crippen molar-refractivity contribution in [3.05, 3.63) is 23.4 Å². The van der Waals surface area contributed by atoms with E-state index in [2.05, 4.69) is 27.0 Å². The Morgan fingerprint density at radius 2 is 2.11 bits per heavy atom. The van der Waals surface area contributed by atoms with E-state index in [4.69, 9.17) is 10.9 Å². The molecule has 0 aliphatic carbocycles. The summed E-state index contributed by atoms with van der Waals surface area (Å²) in [7, 11) is 2.13. The number of rotatable bonds is 2. The number of oxime groups is 1. The number of aryl methyl sites for hydroxylation is 1. The molecule has 0 saturated carbocycles. The van der Waals surface area contributed by atoms with Crippen molar-refractivity contribution in [2.24, 2.45) is 10.9 Å². The van der Waals surface area contributed by atoms with E-state index in [0.717, 1.165) is 44.1 Å². The summed E-state index contributed by atoms with van der Waals surface area (Å²) in [6.45, 7) is 5.98. The molecule has 0 bridgehead atoms. The SMILES string of the molecule is Cc1cc(/C(N)=N/O)cc(N2CCCN(C)CC2)n1. The van der Waals surface area contributed by atoms with Gasteiger partial charge in [0.1, 0.15) is 5.82 Å². The Balaban J connectivity index is 2.26. The standard InChI is InChI=1S/C13H21N5O/c1-10-8-11(13(14)16-19)9-12(15-10)18-5-3-4-17(2)6-7-18/h8-9,19H,3-7H2,1-2H3,(H2,14,16). The van der Waals surface area contributed by atoms with Gasteiger partial charge in [0.2, 0.25) is 0 Å². The molecule has 3 N–H and O–H groups in total. The predicted molar refractivity (Wildman–Crippen MR) is 75.8 cm³/mol. The normalized spacial score (nSPS) is 18.4. The highest BCUT2D eigenvalue weighted by atomic mass is 16.4. The molecule has 0 atom stereocenters. The van der Waals surface area contributed by atoms with Gasteiger partial charge < -0.3 is 20.7 Å². The van der Waals surface area contributed by atoms with Crippen LogP contribution < -0.4 is 10.6 Å². The van der Waals surface area contributed by atoms with Crippen LogP contribution in [-0.2, 0) is 0 Å². The Bertz CT molecular complexity index is 474. The fraction of sp³-hybridized carbons (Fsp3) is 0.538. The van der Waals surface area contributed by atoms with E-state index in [-0.39, 0.29) is 5.84 Å². The molecule has 2 rings (SSSR count). The van der Waals surface area contributed by atoms with Gasteiger partial charge >= 0.3 is 0 Å². The number of amidine groups is 1. The second-order valence-corrected chi connectivity index (χ2v) is 4.98. The number of hydrogen-bond donors (Lipinski definition) is 2. The number of hydrogen-bond acceptors (Lipinski definition) is 5. The molecule has 0 unspecified atom stereocenters. The van der Waals surface area contributed by atoms with Crippen molar-refractivity contribution in [1.29, 1.82) is 0 Å². The molecule has 1 aromatic heterocycles. The first-order chi connectivity index (χ1) is 9.10. The molecule has 6 nitrogen and oxygen atoms in total. The summed E-state index contributed by atoms with van der Waals surface area (Å²) in [6, 6.07) is 3.70. The summed E-state index contributed by atoms with van der Waals surface area (Å²) in [6.07, 6.45) is 1.12. The van der Waals surface area contributed by atoms with Gasteiger partial charge in [0.15, 0.2) is 5.84 Å². The monoisotopic (exact) mass is 263 g/mol. The minimum atomic E-state index is 0.124. The van der Waals surface area contributed by atoms with Crippen molar-refractivity contribution >= 4 is 11.7 Å². The van der Waals surface area contributed by atoms with E-state index in [1.807, 2.05) is 19.1 Å². The second-order valence-electron chi connectivity index (χ2n) is 4.98. The summed E-state index contributed by atoms with van der Waals surface area (Å²) in [5, 5.41) is 11.8. The molecular weight excluding hydrogens is 242 g/mol. The maximum absolute atomic E-state index is 8.78. The molecule has 6 heteroatoms. The number of nitrogens with two attached hydrogens (primary N) is 1. The minimum Gasteiger partial charge on any atom is -0.409 e. The molecule has 0 aromatic carbocycles. The van der Waals surface area contributed by atoms with Gasteiger partial charge in [-0.2, -0.15) is 0 Å². The van der Waals surface area contributed by atoms with Crippen LogP contribution in [-0.4, -0.2) is 54.2 Å². The van der Waals surface area contributed by atoms with Gasteiger partial charge in [-0.05, 0) is 39.1 Å². The molecule has 1 aliphatic heterocycles. The average Bonchev–Trinajstić information content (AvgIpc) is 2.62. The largest absolute Gasteiger partial charge is 0.409 e. The van der Waals surface area contributed by atoms with E-state index < -0.39 is 0 Å². The Morgan fingerprint density at radius 1 is 1.32 bits per heavy atom. The van der Waals surface area contributed by atoms with Gasteiger partial charge in [0.05, 0.1) is 0 Å². The first kappa shape index (κ1) is 13.6. The molecule has 104 valence electrons. The van der Waals surface area contributed by atoms with Gasteiger partial charge in [0, 0.05) is 30.9 Å². The number of nitrogens with zero attached hydrogens (tertiary/aromatic N) is 4. The maximum atomic E-state index is 8.78. The van der Waals surface area contributed by atoms with E-state index in [1.54, 1.807) is 0 Å². The lowest BCUT2D eigenvalue weighted by molar-refractivity contribution is 0.318. The van der Waals surface area contributed by atoms with Crippen molar-refractivity contribution in [3.63, 3.8) is 0 Å². The second kappa shape index (κ2) is 5.88. The van der Waals surface area contributed by atoms with Crippen molar-refractivity contribution in [1.82, 2.24) is 9.88 Å². The summed E-state index contributed by atoms with van der Waals surface area (Å²) in [4.78, 5) is 9.13. The van der Waals surface area contributed by atoms with Crippen LogP contribution in [0.2, 0.25) is 0 Å². The first-order valence-electron chi connectivity index (χ1n) is 6.50. The Hall–Kier alpha value is -1.82. The third kappa shape index (κ3) is 3.35. The van der Waals surface area contributed by atoms with Gasteiger partial charge in [-0.1, -0.05) is 5.16 Å². The molecule has 1 aliphatic rings. The van der Waals surface area contributed by atoms with Crippen LogP contribution in [0.1, 0.15) is 17.7 Å². The number of pyridine rings is 1. The molecular formula is C13H21N5O. The molecule has 0 spiro atoms. The van der Waals surface area contributed by atoms with Crippen molar-refractivity contribution in [2.75, 3.05) is 38.1 Å². The number of anilines is 1. The minimum absolute atomic E-state index is 0.124. The molecule has 19 heavy (non-hydrogen) atoms. The molecule has 1 fully saturated rings. The topological polar surface area (TPSA) is 78.0 Å². The predicted octanol–water partition coefficient (Wildman–Crippen LogP) is 0.626. The van der Waals surface area contributed by atoms with Crippen LogP contribution in [0.15, 0.2) is 17.3 Å². The zero-order chi connectivity index (χ0) is 13.8. The van der Waals surface area contributed by atoms with Crippen molar-refractivity contribution < 1.29 is 5.21 Å². The average molecular weight is 263 g/mol. The fourth-order valence-electron chi connectivity index (χ4n) is 2.29. The first-order valence-corrected chi connectivity index (χ1v) is 6.50. The van der Waals surface area contributed by atoms with Crippen LogP contribution in [0.3, 0.4) is 0 Å². The lowest BCUT2D eigenvalue weighted by Gasteiger charge is -2.22. The fourth-order valence-corrected chi connectivity index (χ4v) is 2.29. The van der Waals surface area contributed by atoms with Crippen LogP contribution in [0.25, 0.3) is 0 Å². The Kier molecular flexibility index (Phi) is 4.21. The van der Waals surface area contributed by atoms with E-state index in [1.165, 1.54) is 0 Å². The van der Waals surface area contributed by atoms with Crippen molar-refractivity contribution in [2.45, 2.75) is 13.3 Å². The molecule has 1 saturated heterocycles. The van der Waals surface area contributed by atoms with E-state index in [9.17, 15) is 0 Å².